The quantitative estimate of drug-likeness (QED) is 0.382. The average Bonchev–Trinajstić information content (AvgIpc) is 2.90. The molecule has 1 heterocycles. The van der Waals surface area contributed by atoms with Gasteiger partial charge in [-0.05, 0) is 61.4 Å². The molecule has 5 nitrogen and oxygen atoms in total. The Morgan fingerprint density at radius 3 is 2.19 bits per heavy atom. The van der Waals surface area contributed by atoms with Crippen molar-refractivity contribution in [2.24, 2.45) is 0 Å². The van der Waals surface area contributed by atoms with E-state index in [0.717, 1.165) is 64.9 Å². The van der Waals surface area contributed by atoms with Crippen LogP contribution in [0.15, 0.2) is 71.6 Å². The Morgan fingerprint density at radius 2 is 1.62 bits per heavy atom. The summed E-state index contributed by atoms with van der Waals surface area (Å²) in [4.78, 5) is 28.8. The third-order valence-electron chi connectivity index (χ3n) is 7.61. The second kappa shape index (κ2) is 10.6. The van der Waals surface area contributed by atoms with Gasteiger partial charge < -0.3 is 14.4 Å². The fourth-order valence-corrected chi connectivity index (χ4v) is 6.02. The van der Waals surface area contributed by atoms with Gasteiger partial charge in [0.2, 0.25) is 0 Å². The molecule has 0 radical (unpaired) electrons. The SMILES string of the molecule is C=CCc1cc(C2C3=C(CCCC3=O)N(C)C3=C2C(=O)CCC3)cc(OC)c1OCc1ccc(Cl)cc1. The monoisotopic (exact) mass is 517 g/mol. The van der Waals surface area contributed by atoms with Crippen molar-refractivity contribution in [1.29, 1.82) is 0 Å². The molecule has 5 rings (SSSR count). The van der Waals surface area contributed by atoms with E-state index < -0.39 is 0 Å². The second-order valence-electron chi connectivity index (χ2n) is 9.89. The summed E-state index contributed by atoms with van der Waals surface area (Å²) in [6.07, 6.45) is 6.79. The molecule has 0 aromatic heterocycles. The van der Waals surface area contributed by atoms with Crippen molar-refractivity contribution in [2.75, 3.05) is 14.2 Å². The van der Waals surface area contributed by atoms with Crippen LogP contribution in [0.2, 0.25) is 5.02 Å². The highest BCUT2D eigenvalue weighted by molar-refractivity contribution is 6.30. The lowest BCUT2D eigenvalue weighted by Gasteiger charge is -2.42. The number of hydrogen-bond acceptors (Lipinski definition) is 5. The van der Waals surface area contributed by atoms with Crippen molar-refractivity contribution >= 4 is 23.2 Å². The molecule has 0 atom stereocenters. The summed E-state index contributed by atoms with van der Waals surface area (Å²) >= 11 is 6.03. The molecule has 0 bridgehead atoms. The van der Waals surface area contributed by atoms with Gasteiger partial charge in [0.1, 0.15) is 6.61 Å². The fraction of sp³-hybridized carbons (Fsp3) is 0.355. The molecular formula is C31H32ClNO4. The highest BCUT2D eigenvalue weighted by Crippen LogP contribution is 2.50. The minimum absolute atomic E-state index is 0.135. The highest BCUT2D eigenvalue weighted by Gasteiger charge is 2.42. The van der Waals surface area contributed by atoms with Gasteiger partial charge in [-0.1, -0.05) is 35.9 Å². The molecule has 0 fully saturated rings. The van der Waals surface area contributed by atoms with E-state index in [2.05, 4.69) is 17.5 Å². The number of nitrogens with zero attached hydrogens (tertiary/aromatic N) is 1. The van der Waals surface area contributed by atoms with Gasteiger partial charge in [-0.3, -0.25) is 9.59 Å². The minimum atomic E-state index is -0.385. The molecule has 37 heavy (non-hydrogen) atoms. The first kappa shape index (κ1) is 25.3. The first-order valence-corrected chi connectivity index (χ1v) is 13.3. The lowest BCUT2D eigenvalue weighted by Crippen LogP contribution is -2.37. The number of benzene rings is 2. The number of carbonyl (C=O) groups is 2. The summed E-state index contributed by atoms with van der Waals surface area (Å²) in [7, 11) is 3.63. The molecule has 0 unspecified atom stereocenters. The average molecular weight is 518 g/mol. The lowest BCUT2D eigenvalue weighted by atomic mass is 9.71. The maximum absolute atomic E-state index is 13.4. The maximum Gasteiger partial charge on any atom is 0.165 e. The zero-order chi connectivity index (χ0) is 26.1. The smallest absolute Gasteiger partial charge is 0.165 e. The van der Waals surface area contributed by atoms with Crippen molar-refractivity contribution in [1.82, 2.24) is 4.90 Å². The summed E-state index contributed by atoms with van der Waals surface area (Å²) < 4.78 is 12.1. The molecule has 0 spiro atoms. The molecule has 0 saturated carbocycles. The number of ether oxygens (including phenoxy) is 2. The van der Waals surface area contributed by atoms with Gasteiger partial charge in [-0.2, -0.15) is 0 Å². The summed E-state index contributed by atoms with van der Waals surface area (Å²) in [6.45, 7) is 4.30. The first-order valence-electron chi connectivity index (χ1n) is 12.9. The van der Waals surface area contributed by atoms with Crippen LogP contribution < -0.4 is 9.47 Å². The molecule has 6 heteroatoms. The van der Waals surface area contributed by atoms with Crippen LogP contribution in [0.25, 0.3) is 0 Å². The van der Waals surface area contributed by atoms with Crippen molar-refractivity contribution in [3.05, 3.63) is 93.3 Å². The molecule has 192 valence electrons. The minimum Gasteiger partial charge on any atom is -0.493 e. The molecule has 0 amide bonds. The normalized spacial score (nSPS) is 18.1. The molecule has 1 aliphatic heterocycles. The van der Waals surface area contributed by atoms with Crippen LogP contribution >= 0.6 is 11.6 Å². The first-order chi connectivity index (χ1) is 17.9. The van der Waals surface area contributed by atoms with E-state index in [1.54, 1.807) is 7.11 Å². The molecule has 0 N–H and O–H groups in total. The van der Waals surface area contributed by atoms with Crippen LogP contribution in [0.1, 0.15) is 61.1 Å². The number of halogens is 1. The summed E-state index contributed by atoms with van der Waals surface area (Å²) in [5.74, 6) is 1.11. The fourth-order valence-electron chi connectivity index (χ4n) is 5.89. The van der Waals surface area contributed by atoms with E-state index in [-0.39, 0.29) is 17.5 Å². The predicted octanol–water partition coefficient (Wildman–Crippen LogP) is 6.70. The van der Waals surface area contributed by atoms with Crippen LogP contribution in [0.4, 0.5) is 0 Å². The van der Waals surface area contributed by atoms with E-state index in [0.29, 0.717) is 42.4 Å². The predicted molar refractivity (Wildman–Crippen MR) is 145 cm³/mol. The van der Waals surface area contributed by atoms with Gasteiger partial charge in [-0.25, -0.2) is 0 Å². The van der Waals surface area contributed by atoms with E-state index in [4.69, 9.17) is 21.1 Å². The Kier molecular flexibility index (Phi) is 7.25. The van der Waals surface area contributed by atoms with Crippen molar-refractivity contribution in [2.45, 2.75) is 57.5 Å². The summed E-state index contributed by atoms with van der Waals surface area (Å²) in [5.41, 5.74) is 6.44. The van der Waals surface area contributed by atoms with Crippen LogP contribution in [0, 0.1) is 0 Å². The Bertz CT molecular complexity index is 1280. The molecule has 2 aromatic rings. The van der Waals surface area contributed by atoms with Gasteiger partial charge in [0.05, 0.1) is 7.11 Å². The number of Topliss-reactive ketones (excluding diaryl/α,β-unsaturated/α-hetero) is 2. The lowest BCUT2D eigenvalue weighted by molar-refractivity contribution is -0.117. The van der Waals surface area contributed by atoms with E-state index in [9.17, 15) is 9.59 Å². The van der Waals surface area contributed by atoms with Gasteiger partial charge >= 0.3 is 0 Å². The van der Waals surface area contributed by atoms with Crippen molar-refractivity contribution < 1.29 is 19.1 Å². The van der Waals surface area contributed by atoms with Gasteiger partial charge in [0.15, 0.2) is 23.1 Å². The number of rotatable bonds is 7. The van der Waals surface area contributed by atoms with Crippen LogP contribution in [-0.4, -0.2) is 30.6 Å². The summed E-state index contributed by atoms with van der Waals surface area (Å²) in [5, 5.41) is 0.674. The summed E-state index contributed by atoms with van der Waals surface area (Å²) in [6, 6.07) is 11.5. The van der Waals surface area contributed by atoms with Crippen molar-refractivity contribution in [3.63, 3.8) is 0 Å². The second-order valence-corrected chi connectivity index (χ2v) is 10.3. The molecular weight excluding hydrogens is 486 g/mol. The number of ketones is 2. The third kappa shape index (κ3) is 4.73. The molecule has 3 aliphatic rings. The van der Waals surface area contributed by atoms with E-state index in [1.165, 1.54) is 0 Å². The maximum atomic E-state index is 13.4. The van der Waals surface area contributed by atoms with Gasteiger partial charge in [0.25, 0.3) is 0 Å². The van der Waals surface area contributed by atoms with Crippen LogP contribution in [-0.2, 0) is 22.6 Å². The largest absolute Gasteiger partial charge is 0.493 e. The van der Waals surface area contributed by atoms with Crippen LogP contribution in [0.5, 0.6) is 11.5 Å². The Balaban J connectivity index is 1.62. The van der Waals surface area contributed by atoms with E-state index in [1.807, 2.05) is 43.5 Å². The van der Waals surface area contributed by atoms with Crippen molar-refractivity contribution in [3.8, 4) is 11.5 Å². The third-order valence-corrected chi connectivity index (χ3v) is 7.86. The topological polar surface area (TPSA) is 55.8 Å². The number of allylic oxidation sites excluding steroid dienone is 5. The molecule has 0 saturated heterocycles. The Hall–Kier alpha value is -3.31. The standard InChI is InChI=1S/C31H32ClNO4/c1-4-7-20-16-21(17-27(36-3)31(20)37-18-19-12-14-22(32)15-13-19)28-29-23(8-5-10-25(29)34)33(2)24-9-6-11-26(35)30(24)28/h4,12-17,28H,1,5-11,18H2,2-3H3. The highest BCUT2D eigenvalue weighted by atomic mass is 35.5. The zero-order valence-corrected chi connectivity index (χ0v) is 22.2. The number of carbonyl (C=O) groups excluding carboxylic acids is 2. The molecule has 2 aromatic carbocycles. The zero-order valence-electron chi connectivity index (χ0n) is 21.4. The van der Waals surface area contributed by atoms with Crippen LogP contribution in [0.3, 0.4) is 0 Å². The van der Waals surface area contributed by atoms with Gasteiger partial charge in [-0.15, -0.1) is 6.58 Å². The Labute approximate surface area is 223 Å². The Morgan fingerprint density at radius 1 is 1.00 bits per heavy atom. The number of hydrogen-bond donors (Lipinski definition) is 0. The van der Waals surface area contributed by atoms with Gasteiger partial charge in [0, 0.05) is 58.9 Å². The number of methoxy groups -OCH3 is 1. The van der Waals surface area contributed by atoms with E-state index >= 15 is 0 Å². The molecule has 2 aliphatic carbocycles.